The first-order valence-corrected chi connectivity index (χ1v) is 5.46. The summed E-state index contributed by atoms with van der Waals surface area (Å²) in [5.41, 5.74) is 0. The summed E-state index contributed by atoms with van der Waals surface area (Å²) in [6.45, 7) is 1.89. The highest BCUT2D eigenvalue weighted by atomic mass is 16.7. The second-order valence-corrected chi connectivity index (χ2v) is 4.03. The molecule has 0 unspecified atom stereocenters. The Kier molecular flexibility index (Phi) is 3.19. The van der Waals surface area contributed by atoms with Crippen LogP contribution in [-0.2, 0) is 19.2 Å². The summed E-state index contributed by atoms with van der Waals surface area (Å²) >= 11 is 0. The monoisotopic (exact) mass is 226 g/mol. The van der Waals surface area contributed by atoms with Crippen molar-refractivity contribution in [1.82, 2.24) is 9.96 Å². The number of nitrogens with zero attached hydrogens (tertiary/aromatic N) is 2. The molecule has 2 fully saturated rings. The highest BCUT2D eigenvalue weighted by Gasteiger charge is 2.33. The maximum Gasteiger partial charge on any atom is 0.347 e. The SMILES string of the molecule is O=C(CN1CCCC1)ON1C(=O)CCC1=O. The van der Waals surface area contributed by atoms with Gasteiger partial charge in [-0.25, -0.2) is 4.79 Å². The number of hydroxylamine groups is 2. The zero-order chi connectivity index (χ0) is 11.5. The van der Waals surface area contributed by atoms with E-state index in [1.807, 2.05) is 4.90 Å². The van der Waals surface area contributed by atoms with E-state index in [0.29, 0.717) is 5.06 Å². The number of carbonyl (C=O) groups is 3. The molecule has 2 aliphatic rings. The molecule has 0 bridgehead atoms. The lowest BCUT2D eigenvalue weighted by Crippen LogP contribution is -2.36. The quantitative estimate of drug-likeness (QED) is 0.617. The molecule has 0 aliphatic carbocycles. The molecule has 16 heavy (non-hydrogen) atoms. The van der Waals surface area contributed by atoms with Crippen LogP contribution in [0.1, 0.15) is 25.7 Å². The van der Waals surface area contributed by atoms with Crippen LogP contribution in [0.4, 0.5) is 0 Å². The van der Waals surface area contributed by atoms with Crippen LogP contribution in [0.3, 0.4) is 0 Å². The largest absolute Gasteiger partial charge is 0.347 e. The third-order valence-corrected chi connectivity index (χ3v) is 2.75. The van der Waals surface area contributed by atoms with Crippen molar-refractivity contribution in [2.45, 2.75) is 25.7 Å². The molecule has 2 saturated heterocycles. The number of likely N-dealkylation sites (tertiary alicyclic amines) is 1. The Morgan fingerprint density at radius 2 is 1.69 bits per heavy atom. The zero-order valence-electron chi connectivity index (χ0n) is 8.98. The normalized spacial score (nSPS) is 21.9. The van der Waals surface area contributed by atoms with Crippen LogP contribution in [-0.4, -0.2) is 47.4 Å². The first-order chi connectivity index (χ1) is 7.66. The minimum absolute atomic E-state index is 0.135. The molecule has 2 aliphatic heterocycles. The first kappa shape index (κ1) is 11.1. The number of rotatable bonds is 3. The maximum atomic E-state index is 11.4. The molecular weight excluding hydrogens is 212 g/mol. The van der Waals surface area contributed by atoms with Gasteiger partial charge in [-0.15, -0.1) is 5.06 Å². The van der Waals surface area contributed by atoms with Gasteiger partial charge in [-0.1, -0.05) is 0 Å². The number of carbonyl (C=O) groups excluding carboxylic acids is 3. The summed E-state index contributed by atoms with van der Waals surface area (Å²) in [7, 11) is 0. The molecule has 88 valence electrons. The van der Waals surface area contributed by atoms with E-state index in [1.54, 1.807) is 0 Å². The van der Waals surface area contributed by atoms with E-state index in [2.05, 4.69) is 0 Å². The Hall–Kier alpha value is -1.43. The number of amides is 2. The lowest BCUT2D eigenvalue weighted by molar-refractivity contribution is -0.198. The first-order valence-electron chi connectivity index (χ1n) is 5.46. The molecule has 6 heteroatoms. The zero-order valence-corrected chi connectivity index (χ0v) is 8.98. The summed E-state index contributed by atoms with van der Waals surface area (Å²) in [6, 6.07) is 0. The van der Waals surface area contributed by atoms with Crippen molar-refractivity contribution in [1.29, 1.82) is 0 Å². The Balaban J connectivity index is 1.82. The Labute approximate surface area is 93.1 Å². The van der Waals surface area contributed by atoms with Gasteiger partial charge in [-0.3, -0.25) is 14.5 Å². The van der Waals surface area contributed by atoms with Crippen molar-refractivity contribution in [2.75, 3.05) is 19.6 Å². The van der Waals surface area contributed by atoms with Crippen molar-refractivity contribution >= 4 is 17.8 Å². The van der Waals surface area contributed by atoms with E-state index in [4.69, 9.17) is 4.84 Å². The molecule has 0 aromatic carbocycles. The van der Waals surface area contributed by atoms with Crippen LogP contribution in [0.25, 0.3) is 0 Å². The molecule has 6 nitrogen and oxygen atoms in total. The summed E-state index contributed by atoms with van der Waals surface area (Å²) < 4.78 is 0. The Morgan fingerprint density at radius 3 is 2.25 bits per heavy atom. The van der Waals surface area contributed by atoms with E-state index >= 15 is 0 Å². The summed E-state index contributed by atoms with van der Waals surface area (Å²) in [5.74, 6) is -1.40. The van der Waals surface area contributed by atoms with Gasteiger partial charge < -0.3 is 4.84 Å². The van der Waals surface area contributed by atoms with E-state index in [-0.39, 0.29) is 19.4 Å². The lowest BCUT2D eigenvalue weighted by Gasteiger charge is -2.16. The Bertz CT molecular complexity index is 307. The summed E-state index contributed by atoms with van der Waals surface area (Å²) in [5, 5.41) is 0.596. The van der Waals surface area contributed by atoms with Gasteiger partial charge in [0.1, 0.15) is 0 Å². The molecule has 0 aromatic heterocycles. The molecule has 0 atom stereocenters. The fraction of sp³-hybridized carbons (Fsp3) is 0.700. The second-order valence-electron chi connectivity index (χ2n) is 4.03. The van der Waals surface area contributed by atoms with Gasteiger partial charge in [0.25, 0.3) is 11.8 Å². The predicted molar refractivity (Wildman–Crippen MR) is 52.9 cm³/mol. The average Bonchev–Trinajstić information content (AvgIpc) is 2.83. The van der Waals surface area contributed by atoms with Gasteiger partial charge in [-0.05, 0) is 25.9 Å². The topological polar surface area (TPSA) is 66.9 Å². The van der Waals surface area contributed by atoms with Crippen LogP contribution in [0.5, 0.6) is 0 Å². The van der Waals surface area contributed by atoms with E-state index in [9.17, 15) is 14.4 Å². The van der Waals surface area contributed by atoms with Crippen LogP contribution in [0, 0.1) is 0 Å². The fourth-order valence-corrected chi connectivity index (χ4v) is 1.91. The minimum Gasteiger partial charge on any atom is -0.329 e. The highest BCUT2D eigenvalue weighted by molar-refractivity contribution is 6.01. The van der Waals surface area contributed by atoms with Gasteiger partial charge in [0.2, 0.25) is 0 Å². The van der Waals surface area contributed by atoms with Crippen LogP contribution >= 0.6 is 0 Å². The van der Waals surface area contributed by atoms with Gasteiger partial charge in [0.05, 0.1) is 6.54 Å². The summed E-state index contributed by atoms with van der Waals surface area (Å²) in [4.78, 5) is 40.5. The molecule has 0 N–H and O–H groups in total. The second kappa shape index (κ2) is 4.61. The number of hydrogen-bond donors (Lipinski definition) is 0. The highest BCUT2D eigenvalue weighted by Crippen LogP contribution is 2.13. The standard InChI is InChI=1S/C10H14N2O4/c13-8-3-4-9(14)12(8)16-10(15)7-11-5-1-2-6-11/h1-7H2. The number of imide groups is 1. The molecule has 2 heterocycles. The van der Waals surface area contributed by atoms with E-state index in [1.165, 1.54) is 0 Å². The van der Waals surface area contributed by atoms with Crippen LogP contribution in [0.2, 0.25) is 0 Å². The van der Waals surface area contributed by atoms with Gasteiger partial charge >= 0.3 is 5.97 Å². The maximum absolute atomic E-state index is 11.4. The molecule has 2 rings (SSSR count). The van der Waals surface area contributed by atoms with Crippen molar-refractivity contribution in [3.63, 3.8) is 0 Å². The third-order valence-electron chi connectivity index (χ3n) is 2.75. The number of hydrogen-bond acceptors (Lipinski definition) is 5. The van der Waals surface area contributed by atoms with E-state index in [0.717, 1.165) is 25.9 Å². The van der Waals surface area contributed by atoms with Gasteiger partial charge in [0, 0.05) is 12.8 Å². The van der Waals surface area contributed by atoms with E-state index < -0.39 is 17.8 Å². The van der Waals surface area contributed by atoms with Gasteiger partial charge in [0.15, 0.2) is 0 Å². The van der Waals surface area contributed by atoms with Crippen molar-refractivity contribution in [3.8, 4) is 0 Å². The fourth-order valence-electron chi connectivity index (χ4n) is 1.91. The van der Waals surface area contributed by atoms with Crippen molar-refractivity contribution in [2.24, 2.45) is 0 Å². The smallest absolute Gasteiger partial charge is 0.329 e. The van der Waals surface area contributed by atoms with Crippen molar-refractivity contribution in [3.05, 3.63) is 0 Å². The van der Waals surface area contributed by atoms with Crippen LogP contribution in [0.15, 0.2) is 0 Å². The minimum atomic E-state index is -0.537. The Morgan fingerprint density at radius 1 is 1.12 bits per heavy atom. The predicted octanol–water partition coefficient (Wildman–Crippen LogP) is -0.311. The molecule has 0 aromatic rings. The third kappa shape index (κ3) is 2.38. The average molecular weight is 226 g/mol. The lowest BCUT2D eigenvalue weighted by atomic mass is 10.4. The molecule has 2 amide bonds. The molecule has 0 saturated carbocycles. The van der Waals surface area contributed by atoms with Crippen LogP contribution < -0.4 is 0 Å². The molecule has 0 radical (unpaired) electrons. The van der Waals surface area contributed by atoms with Gasteiger partial charge in [-0.2, -0.15) is 0 Å². The molecule has 0 spiro atoms. The molecular formula is C10H14N2O4. The van der Waals surface area contributed by atoms with Crippen molar-refractivity contribution < 1.29 is 19.2 Å². The summed E-state index contributed by atoms with van der Waals surface area (Å²) in [6.07, 6.45) is 2.43.